The van der Waals surface area contributed by atoms with Crippen molar-refractivity contribution in [2.45, 2.75) is 0 Å². The molecule has 3 heteroatoms. The van der Waals surface area contributed by atoms with E-state index >= 15 is 0 Å². The highest BCUT2D eigenvalue weighted by Gasteiger charge is 1.93. The van der Waals surface area contributed by atoms with Gasteiger partial charge in [0.2, 0.25) is 0 Å². The summed E-state index contributed by atoms with van der Waals surface area (Å²) in [6.07, 6.45) is 5.72. The Labute approximate surface area is 79.0 Å². The number of aromatic nitrogens is 2. The third-order valence-electron chi connectivity index (χ3n) is 1.58. The molecule has 0 unspecified atom stereocenters. The van der Waals surface area contributed by atoms with E-state index in [1.807, 2.05) is 41.2 Å². The first-order valence-corrected chi connectivity index (χ1v) is 4.40. The Morgan fingerprint density at radius 1 is 1.17 bits per heavy atom. The van der Waals surface area contributed by atoms with Gasteiger partial charge >= 0.3 is 0 Å². The van der Waals surface area contributed by atoms with Gasteiger partial charge in [0.25, 0.3) is 0 Å². The first-order chi connectivity index (χ1) is 5.86. The van der Waals surface area contributed by atoms with Gasteiger partial charge in [-0.15, -0.1) is 0 Å². The lowest BCUT2D eigenvalue weighted by Gasteiger charge is -1.99. The van der Waals surface area contributed by atoms with Gasteiger partial charge in [-0.2, -0.15) is 0 Å². The molecule has 2 nitrogen and oxygen atoms in total. The molecule has 2 aromatic rings. The number of halogens is 1. The Kier molecular flexibility index (Phi) is 1.96. The van der Waals surface area contributed by atoms with Crippen molar-refractivity contribution >= 4 is 15.9 Å². The van der Waals surface area contributed by atoms with Crippen LogP contribution in [0.5, 0.6) is 0 Å². The van der Waals surface area contributed by atoms with Gasteiger partial charge in [-0.05, 0) is 40.2 Å². The largest absolute Gasteiger partial charge is 0.309 e. The molecule has 0 fully saturated rings. The van der Waals surface area contributed by atoms with E-state index in [0.717, 1.165) is 10.3 Å². The minimum Gasteiger partial charge on any atom is -0.309 e. The van der Waals surface area contributed by atoms with Crippen molar-refractivity contribution in [3.8, 4) is 5.82 Å². The Morgan fingerprint density at radius 2 is 1.92 bits per heavy atom. The lowest BCUT2D eigenvalue weighted by molar-refractivity contribution is 1.01. The van der Waals surface area contributed by atoms with Crippen LogP contribution in [0.1, 0.15) is 0 Å². The summed E-state index contributed by atoms with van der Waals surface area (Å²) >= 11 is 3.34. The van der Waals surface area contributed by atoms with Gasteiger partial charge < -0.3 is 4.57 Å². The molecule has 0 bridgehead atoms. The molecule has 0 saturated carbocycles. The van der Waals surface area contributed by atoms with Crippen LogP contribution >= 0.6 is 15.9 Å². The maximum atomic E-state index is 4.24. The van der Waals surface area contributed by atoms with E-state index in [0.29, 0.717) is 0 Å². The van der Waals surface area contributed by atoms with Crippen molar-refractivity contribution in [3.05, 3.63) is 47.3 Å². The molecule has 0 spiro atoms. The molecule has 0 radical (unpaired) electrons. The van der Waals surface area contributed by atoms with Crippen LogP contribution in [0.3, 0.4) is 0 Å². The molecular formula is C9H7BrN2. The van der Waals surface area contributed by atoms with Gasteiger partial charge in [0, 0.05) is 23.1 Å². The van der Waals surface area contributed by atoms with E-state index in [2.05, 4.69) is 20.9 Å². The molecule has 2 rings (SSSR count). The molecule has 0 aromatic carbocycles. The second-order valence-electron chi connectivity index (χ2n) is 2.42. The maximum absolute atomic E-state index is 4.24. The number of hydrogen-bond acceptors (Lipinski definition) is 1. The van der Waals surface area contributed by atoms with Crippen LogP contribution in [0.4, 0.5) is 0 Å². The van der Waals surface area contributed by atoms with E-state index in [9.17, 15) is 0 Å². The highest BCUT2D eigenvalue weighted by Crippen LogP contribution is 2.10. The fourth-order valence-corrected chi connectivity index (χ4v) is 1.24. The molecule has 0 amide bonds. The summed E-state index contributed by atoms with van der Waals surface area (Å²) in [4.78, 5) is 4.24. The van der Waals surface area contributed by atoms with Crippen LogP contribution in [-0.4, -0.2) is 9.55 Å². The number of hydrogen-bond donors (Lipinski definition) is 0. The summed E-state index contributed by atoms with van der Waals surface area (Å²) in [5, 5.41) is 0. The van der Waals surface area contributed by atoms with Crippen LogP contribution < -0.4 is 0 Å². The standard InChI is InChI=1S/C9H7BrN2/c10-8-3-4-9(11-7-8)12-5-1-2-6-12/h1-7H. The molecule has 60 valence electrons. The van der Waals surface area contributed by atoms with E-state index in [1.165, 1.54) is 0 Å². The van der Waals surface area contributed by atoms with Gasteiger partial charge in [-0.25, -0.2) is 4.98 Å². The van der Waals surface area contributed by atoms with Gasteiger partial charge in [0.05, 0.1) is 0 Å². The molecule has 12 heavy (non-hydrogen) atoms. The first kappa shape index (κ1) is 7.55. The molecule has 0 aliphatic rings. The summed E-state index contributed by atoms with van der Waals surface area (Å²) in [5.41, 5.74) is 0. The Hall–Kier alpha value is -1.09. The summed E-state index contributed by atoms with van der Waals surface area (Å²) in [5.74, 6) is 0.934. The summed E-state index contributed by atoms with van der Waals surface area (Å²) in [7, 11) is 0. The molecule has 2 heterocycles. The predicted molar refractivity (Wildman–Crippen MR) is 51.3 cm³/mol. The van der Waals surface area contributed by atoms with Gasteiger partial charge in [0.1, 0.15) is 5.82 Å². The first-order valence-electron chi connectivity index (χ1n) is 3.61. The second kappa shape index (κ2) is 3.11. The summed E-state index contributed by atoms with van der Waals surface area (Å²) in [6, 6.07) is 7.89. The molecule has 0 atom stereocenters. The molecule has 0 aliphatic carbocycles. The fourth-order valence-electron chi connectivity index (χ4n) is 1.01. The van der Waals surface area contributed by atoms with Crippen LogP contribution in [0.15, 0.2) is 47.3 Å². The van der Waals surface area contributed by atoms with Crippen LogP contribution in [0.25, 0.3) is 5.82 Å². The fraction of sp³-hybridized carbons (Fsp3) is 0. The number of pyridine rings is 1. The van der Waals surface area contributed by atoms with Crippen LogP contribution in [0.2, 0.25) is 0 Å². The molecule has 0 saturated heterocycles. The summed E-state index contributed by atoms with van der Waals surface area (Å²) in [6.45, 7) is 0. The van der Waals surface area contributed by atoms with E-state index < -0.39 is 0 Å². The monoisotopic (exact) mass is 222 g/mol. The average molecular weight is 223 g/mol. The van der Waals surface area contributed by atoms with Crippen molar-refractivity contribution < 1.29 is 0 Å². The maximum Gasteiger partial charge on any atom is 0.136 e. The third kappa shape index (κ3) is 1.41. The van der Waals surface area contributed by atoms with E-state index in [-0.39, 0.29) is 0 Å². The van der Waals surface area contributed by atoms with Crippen molar-refractivity contribution in [3.63, 3.8) is 0 Å². The number of rotatable bonds is 1. The third-order valence-corrected chi connectivity index (χ3v) is 2.05. The minimum atomic E-state index is 0.934. The van der Waals surface area contributed by atoms with E-state index in [1.54, 1.807) is 6.20 Å². The quantitative estimate of drug-likeness (QED) is 0.726. The van der Waals surface area contributed by atoms with Crippen molar-refractivity contribution in [1.82, 2.24) is 9.55 Å². The zero-order valence-electron chi connectivity index (χ0n) is 6.31. The Morgan fingerprint density at radius 3 is 2.50 bits per heavy atom. The van der Waals surface area contributed by atoms with Gasteiger partial charge in [0.15, 0.2) is 0 Å². The molecule has 0 N–H and O–H groups in total. The highest BCUT2D eigenvalue weighted by atomic mass is 79.9. The Balaban J connectivity index is 2.43. The SMILES string of the molecule is Brc1ccc(-n2cccc2)nc1. The summed E-state index contributed by atoms with van der Waals surface area (Å²) < 4.78 is 2.96. The van der Waals surface area contributed by atoms with Gasteiger partial charge in [-0.3, -0.25) is 0 Å². The smallest absolute Gasteiger partial charge is 0.136 e. The topological polar surface area (TPSA) is 17.8 Å². The van der Waals surface area contributed by atoms with Crippen molar-refractivity contribution in [2.24, 2.45) is 0 Å². The highest BCUT2D eigenvalue weighted by molar-refractivity contribution is 9.10. The molecule has 2 aromatic heterocycles. The Bertz CT molecular complexity index is 351. The van der Waals surface area contributed by atoms with Crippen molar-refractivity contribution in [2.75, 3.05) is 0 Å². The zero-order valence-corrected chi connectivity index (χ0v) is 7.90. The molecule has 0 aliphatic heterocycles. The number of nitrogens with zero attached hydrogens (tertiary/aromatic N) is 2. The lowest BCUT2D eigenvalue weighted by atomic mass is 10.4. The van der Waals surface area contributed by atoms with Crippen molar-refractivity contribution in [1.29, 1.82) is 0 Å². The average Bonchev–Trinajstić information content (AvgIpc) is 2.58. The van der Waals surface area contributed by atoms with Gasteiger partial charge in [-0.1, -0.05) is 0 Å². The molecular weight excluding hydrogens is 216 g/mol. The van der Waals surface area contributed by atoms with E-state index in [4.69, 9.17) is 0 Å². The lowest BCUT2D eigenvalue weighted by Crippen LogP contribution is -1.91. The van der Waals surface area contributed by atoms with Crippen LogP contribution in [0, 0.1) is 0 Å². The predicted octanol–water partition coefficient (Wildman–Crippen LogP) is 2.63. The zero-order chi connectivity index (χ0) is 8.39. The van der Waals surface area contributed by atoms with Crippen LogP contribution in [-0.2, 0) is 0 Å². The normalized spacial score (nSPS) is 10.1. The second-order valence-corrected chi connectivity index (χ2v) is 3.34. The minimum absolute atomic E-state index is 0.934.